The third kappa shape index (κ3) is 3.78. The van der Waals surface area contributed by atoms with Gasteiger partial charge in [0.25, 0.3) is 5.91 Å². The van der Waals surface area contributed by atoms with Crippen molar-refractivity contribution in [2.45, 2.75) is 19.5 Å². The number of carbonyl (C=O) groups excluding carboxylic acids is 1. The Kier molecular flexibility index (Phi) is 5.00. The molecule has 1 aromatic carbocycles. The highest BCUT2D eigenvalue weighted by Gasteiger charge is 2.22. The van der Waals surface area contributed by atoms with E-state index in [0.717, 1.165) is 37.3 Å². The molecule has 0 aliphatic carbocycles. The van der Waals surface area contributed by atoms with E-state index in [4.69, 9.17) is 27.6 Å². The third-order valence-electron chi connectivity index (χ3n) is 4.22. The summed E-state index contributed by atoms with van der Waals surface area (Å²) < 4.78 is 4.94. The van der Waals surface area contributed by atoms with Gasteiger partial charge in [0.1, 0.15) is 6.26 Å². The lowest BCUT2D eigenvalue weighted by Crippen LogP contribution is -2.29. The number of halogens is 2. The fraction of sp³-hybridized carbons (Fsp3) is 0.222. The van der Waals surface area contributed by atoms with Crippen molar-refractivity contribution in [1.29, 1.82) is 0 Å². The molecule has 1 amide bonds. The van der Waals surface area contributed by atoms with E-state index in [2.05, 4.69) is 15.2 Å². The molecule has 0 radical (unpaired) electrons. The van der Waals surface area contributed by atoms with Gasteiger partial charge in [0.15, 0.2) is 5.13 Å². The molecule has 0 saturated heterocycles. The third-order valence-corrected chi connectivity index (χ3v) is 5.81. The van der Waals surface area contributed by atoms with Crippen LogP contribution < -0.4 is 5.32 Å². The summed E-state index contributed by atoms with van der Waals surface area (Å²) in [7, 11) is 0. The largest absolute Gasteiger partial charge is 0.472 e. The Bertz CT molecular complexity index is 940. The van der Waals surface area contributed by atoms with E-state index in [1.165, 1.54) is 28.7 Å². The second kappa shape index (κ2) is 7.40. The maximum absolute atomic E-state index is 12.1. The quantitative estimate of drug-likeness (QED) is 0.670. The van der Waals surface area contributed by atoms with Crippen molar-refractivity contribution in [3.63, 3.8) is 0 Å². The Hall–Kier alpha value is -1.86. The van der Waals surface area contributed by atoms with Gasteiger partial charge in [-0.2, -0.15) is 0 Å². The van der Waals surface area contributed by atoms with E-state index in [9.17, 15) is 4.79 Å². The normalized spacial score (nSPS) is 14.2. The van der Waals surface area contributed by atoms with Gasteiger partial charge in [-0.3, -0.25) is 15.0 Å². The summed E-state index contributed by atoms with van der Waals surface area (Å²) in [5.74, 6) is -0.213. The Balaban J connectivity index is 1.44. The standard InChI is InChI=1S/C18H15Cl2N3O2S/c19-13-2-1-11(14(20)7-13)8-23-5-3-15-16(9-23)26-18(21-15)22-17(24)12-4-6-25-10-12/h1-2,4,6-7,10H,3,5,8-9H2,(H,21,22,24). The van der Waals surface area contributed by atoms with Crippen molar-refractivity contribution in [1.82, 2.24) is 9.88 Å². The minimum absolute atomic E-state index is 0.213. The lowest BCUT2D eigenvalue weighted by molar-refractivity contribution is 0.102. The molecule has 1 N–H and O–H groups in total. The zero-order valence-corrected chi connectivity index (χ0v) is 16.0. The summed E-state index contributed by atoms with van der Waals surface area (Å²) >= 11 is 13.8. The lowest BCUT2D eigenvalue weighted by atomic mass is 10.1. The molecule has 0 atom stereocenters. The van der Waals surface area contributed by atoms with Gasteiger partial charge in [-0.1, -0.05) is 29.3 Å². The number of benzene rings is 1. The molecule has 134 valence electrons. The monoisotopic (exact) mass is 407 g/mol. The molecule has 8 heteroatoms. The average Bonchev–Trinajstić information content (AvgIpc) is 3.26. The number of nitrogens with one attached hydrogen (secondary N) is 1. The van der Waals surface area contributed by atoms with Crippen LogP contribution in [0.3, 0.4) is 0 Å². The zero-order valence-electron chi connectivity index (χ0n) is 13.7. The molecule has 3 heterocycles. The molecular weight excluding hydrogens is 393 g/mol. The van der Waals surface area contributed by atoms with Gasteiger partial charge in [-0.25, -0.2) is 4.98 Å². The highest BCUT2D eigenvalue weighted by molar-refractivity contribution is 7.15. The predicted molar refractivity (Wildman–Crippen MR) is 103 cm³/mol. The number of furan rings is 1. The fourth-order valence-electron chi connectivity index (χ4n) is 2.89. The van der Waals surface area contributed by atoms with Crippen LogP contribution in [-0.4, -0.2) is 22.3 Å². The second-order valence-electron chi connectivity index (χ2n) is 6.05. The number of amides is 1. The summed E-state index contributed by atoms with van der Waals surface area (Å²) in [6.07, 6.45) is 3.74. The first-order chi connectivity index (χ1) is 12.6. The van der Waals surface area contributed by atoms with Gasteiger partial charge in [-0.05, 0) is 23.8 Å². The van der Waals surface area contributed by atoms with E-state index in [0.29, 0.717) is 20.7 Å². The molecule has 0 fully saturated rings. The predicted octanol–water partition coefficient (Wildman–Crippen LogP) is 4.85. The summed E-state index contributed by atoms with van der Waals surface area (Å²) in [6, 6.07) is 7.21. The second-order valence-corrected chi connectivity index (χ2v) is 7.98. The van der Waals surface area contributed by atoms with Crippen LogP contribution in [0.2, 0.25) is 10.0 Å². The van der Waals surface area contributed by atoms with Gasteiger partial charge < -0.3 is 4.42 Å². The van der Waals surface area contributed by atoms with Crippen LogP contribution >= 0.6 is 34.5 Å². The van der Waals surface area contributed by atoms with E-state index < -0.39 is 0 Å². The number of nitrogens with zero attached hydrogens (tertiary/aromatic N) is 2. The van der Waals surface area contributed by atoms with Crippen LogP contribution in [0.4, 0.5) is 5.13 Å². The minimum Gasteiger partial charge on any atom is -0.472 e. The number of fused-ring (bicyclic) bond motifs is 1. The first-order valence-electron chi connectivity index (χ1n) is 8.07. The molecule has 1 aliphatic heterocycles. The fourth-order valence-corrected chi connectivity index (χ4v) is 4.40. The molecule has 2 aromatic heterocycles. The molecule has 4 rings (SSSR count). The maximum Gasteiger partial charge on any atom is 0.260 e. The summed E-state index contributed by atoms with van der Waals surface area (Å²) in [6.45, 7) is 2.43. The molecule has 26 heavy (non-hydrogen) atoms. The molecule has 3 aromatic rings. The molecule has 0 saturated carbocycles. The van der Waals surface area contributed by atoms with Crippen molar-refractivity contribution in [2.24, 2.45) is 0 Å². The van der Waals surface area contributed by atoms with E-state index in [-0.39, 0.29) is 5.91 Å². The molecule has 5 nitrogen and oxygen atoms in total. The lowest BCUT2D eigenvalue weighted by Gasteiger charge is -2.26. The zero-order chi connectivity index (χ0) is 18.1. The maximum atomic E-state index is 12.1. The number of hydrogen-bond acceptors (Lipinski definition) is 5. The van der Waals surface area contributed by atoms with Crippen LogP contribution in [0, 0.1) is 0 Å². The molecule has 0 spiro atoms. The molecule has 0 bridgehead atoms. The van der Waals surface area contributed by atoms with Crippen LogP contribution in [-0.2, 0) is 19.5 Å². The highest BCUT2D eigenvalue weighted by atomic mass is 35.5. The average molecular weight is 408 g/mol. The number of hydrogen-bond donors (Lipinski definition) is 1. The Morgan fingerprint density at radius 3 is 3.00 bits per heavy atom. The topological polar surface area (TPSA) is 58.4 Å². The van der Waals surface area contributed by atoms with Gasteiger partial charge in [-0.15, -0.1) is 11.3 Å². The van der Waals surface area contributed by atoms with Gasteiger partial charge >= 0.3 is 0 Å². The number of thiazole rings is 1. The molecular formula is C18H15Cl2N3O2S. The molecule has 1 aliphatic rings. The van der Waals surface area contributed by atoms with Gasteiger partial charge in [0.05, 0.1) is 17.5 Å². The van der Waals surface area contributed by atoms with E-state index >= 15 is 0 Å². The van der Waals surface area contributed by atoms with Crippen LogP contribution in [0.15, 0.2) is 41.2 Å². The summed E-state index contributed by atoms with van der Waals surface area (Å²) in [4.78, 5) is 20.2. The minimum atomic E-state index is -0.213. The van der Waals surface area contributed by atoms with E-state index in [1.54, 1.807) is 12.1 Å². The number of anilines is 1. The number of rotatable bonds is 4. The Morgan fingerprint density at radius 1 is 1.35 bits per heavy atom. The number of aromatic nitrogens is 1. The van der Waals surface area contributed by atoms with Crippen LogP contribution in [0.5, 0.6) is 0 Å². The van der Waals surface area contributed by atoms with Crippen molar-refractivity contribution in [2.75, 3.05) is 11.9 Å². The van der Waals surface area contributed by atoms with E-state index in [1.807, 2.05) is 12.1 Å². The first kappa shape index (κ1) is 17.5. The van der Waals surface area contributed by atoms with Crippen molar-refractivity contribution >= 4 is 45.6 Å². The van der Waals surface area contributed by atoms with Crippen molar-refractivity contribution in [3.8, 4) is 0 Å². The van der Waals surface area contributed by atoms with Gasteiger partial charge in [0.2, 0.25) is 0 Å². The highest BCUT2D eigenvalue weighted by Crippen LogP contribution is 2.30. The van der Waals surface area contributed by atoms with Gasteiger partial charge in [0, 0.05) is 41.0 Å². The van der Waals surface area contributed by atoms with Crippen molar-refractivity contribution < 1.29 is 9.21 Å². The number of carbonyl (C=O) groups is 1. The van der Waals surface area contributed by atoms with Crippen LogP contribution in [0.25, 0.3) is 0 Å². The smallest absolute Gasteiger partial charge is 0.260 e. The summed E-state index contributed by atoms with van der Waals surface area (Å²) in [5.41, 5.74) is 2.59. The SMILES string of the molecule is O=C(Nc1nc2c(s1)CN(Cc1ccc(Cl)cc1Cl)CC2)c1ccoc1. The van der Waals surface area contributed by atoms with Crippen LogP contribution in [0.1, 0.15) is 26.5 Å². The summed E-state index contributed by atoms with van der Waals surface area (Å²) in [5, 5.41) is 4.77. The van der Waals surface area contributed by atoms with Crippen molar-refractivity contribution in [3.05, 3.63) is 68.5 Å². The Labute approximate surface area is 164 Å². The Morgan fingerprint density at radius 2 is 2.23 bits per heavy atom. The molecule has 0 unspecified atom stereocenters. The first-order valence-corrected chi connectivity index (χ1v) is 9.64.